The topological polar surface area (TPSA) is 96.2 Å². The van der Waals surface area contributed by atoms with E-state index in [-0.39, 0.29) is 12.0 Å². The fourth-order valence-electron chi connectivity index (χ4n) is 6.18. The number of amides is 1. The molecule has 0 aromatic carbocycles. The summed E-state index contributed by atoms with van der Waals surface area (Å²) >= 11 is 0. The Labute approximate surface area is 212 Å². The molecule has 0 bridgehead atoms. The number of aliphatic hydroxyl groups is 1. The molecule has 0 spiro atoms. The summed E-state index contributed by atoms with van der Waals surface area (Å²) in [7, 11) is 0. The normalized spacial score (nSPS) is 26.8. The Kier molecular flexibility index (Phi) is 6.37. The quantitative estimate of drug-likeness (QED) is 0.529. The largest absolute Gasteiger partial charge is 0.393 e. The van der Waals surface area contributed by atoms with E-state index in [1.165, 1.54) is 18.4 Å². The molecule has 3 aliphatic rings. The standard InChI is InChI=1S/C28H36N6O2/c1-2-18-15-25(18)31-28-30-16-23-24(17-34(26(23)32-28)21-3-5-22(35)6-4-21)19-9-13-33(14-10-19)27(36)20-7-11-29-12-8-20/h7-8,11-12,16-19,21-22,25,35H,2-6,9-10,13-15H2,1H3,(H,30,31,32)/t18-,21?,22?,25-/m1/s1. The van der Waals surface area contributed by atoms with Crippen LogP contribution in [0.2, 0.25) is 0 Å². The first-order valence-electron chi connectivity index (χ1n) is 13.6. The second-order valence-corrected chi connectivity index (χ2v) is 10.8. The Balaban J connectivity index is 1.24. The fraction of sp³-hybridized carbons (Fsp3) is 0.571. The molecule has 36 heavy (non-hydrogen) atoms. The van der Waals surface area contributed by atoms with E-state index in [9.17, 15) is 9.90 Å². The van der Waals surface area contributed by atoms with Crippen LogP contribution in [-0.4, -0.2) is 60.7 Å². The molecule has 0 radical (unpaired) electrons. The molecular weight excluding hydrogens is 452 g/mol. The molecule has 3 fully saturated rings. The predicted octanol–water partition coefficient (Wildman–Crippen LogP) is 4.53. The van der Waals surface area contributed by atoms with Crippen LogP contribution in [0.25, 0.3) is 11.0 Å². The number of carbonyl (C=O) groups excluding carboxylic acids is 1. The summed E-state index contributed by atoms with van der Waals surface area (Å²) in [5.74, 6) is 1.91. The van der Waals surface area contributed by atoms with Crippen molar-refractivity contribution in [3.63, 3.8) is 0 Å². The monoisotopic (exact) mass is 488 g/mol. The minimum absolute atomic E-state index is 0.0866. The van der Waals surface area contributed by atoms with Crippen molar-refractivity contribution >= 4 is 22.9 Å². The second kappa shape index (κ2) is 9.81. The number of aliphatic hydroxyl groups excluding tert-OH is 1. The molecule has 3 aromatic heterocycles. The van der Waals surface area contributed by atoms with Crippen molar-refractivity contribution in [3.05, 3.63) is 48.0 Å². The third kappa shape index (κ3) is 4.59. The first-order chi connectivity index (χ1) is 17.6. The van der Waals surface area contributed by atoms with Gasteiger partial charge in [0.15, 0.2) is 0 Å². The average Bonchev–Trinajstić information content (AvgIpc) is 3.58. The van der Waals surface area contributed by atoms with Crippen molar-refractivity contribution in [3.8, 4) is 0 Å². The van der Waals surface area contributed by atoms with E-state index in [1.54, 1.807) is 24.5 Å². The predicted molar refractivity (Wildman–Crippen MR) is 139 cm³/mol. The summed E-state index contributed by atoms with van der Waals surface area (Å²) < 4.78 is 2.36. The van der Waals surface area contributed by atoms with E-state index in [0.29, 0.717) is 23.6 Å². The Morgan fingerprint density at radius 2 is 1.86 bits per heavy atom. The molecule has 6 rings (SSSR count). The van der Waals surface area contributed by atoms with Gasteiger partial charge in [-0.2, -0.15) is 4.98 Å². The lowest BCUT2D eigenvalue weighted by atomic mass is 9.89. The Hall–Kier alpha value is -3.00. The summed E-state index contributed by atoms with van der Waals surface area (Å²) in [6, 6.07) is 4.42. The van der Waals surface area contributed by atoms with Gasteiger partial charge in [0, 0.05) is 60.9 Å². The molecule has 0 unspecified atom stereocenters. The van der Waals surface area contributed by atoms with Crippen LogP contribution >= 0.6 is 0 Å². The van der Waals surface area contributed by atoms with Crippen LogP contribution in [0.1, 0.15) is 86.2 Å². The Morgan fingerprint density at radius 3 is 2.56 bits per heavy atom. The average molecular weight is 489 g/mol. The third-order valence-corrected chi connectivity index (χ3v) is 8.57. The van der Waals surface area contributed by atoms with Gasteiger partial charge in [0.25, 0.3) is 5.91 Å². The zero-order valence-corrected chi connectivity index (χ0v) is 21.0. The van der Waals surface area contributed by atoms with E-state index < -0.39 is 0 Å². The van der Waals surface area contributed by atoms with Crippen molar-refractivity contribution in [2.24, 2.45) is 5.92 Å². The first-order valence-corrected chi connectivity index (χ1v) is 13.6. The summed E-state index contributed by atoms with van der Waals surface area (Å²) in [5, 5.41) is 14.7. The number of fused-ring (bicyclic) bond motifs is 1. The molecule has 2 saturated carbocycles. The van der Waals surface area contributed by atoms with Gasteiger partial charge < -0.3 is 19.9 Å². The minimum atomic E-state index is -0.183. The number of aromatic nitrogens is 4. The van der Waals surface area contributed by atoms with Crippen molar-refractivity contribution < 1.29 is 9.90 Å². The molecule has 4 heterocycles. The van der Waals surface area contributed by atoms with Crippen LogP contribution in [0.4, 0.5) is 5.95 Å². The van der Waals surface area contributed by atoms with Gasteiger partial charge in [0.05, 0.1) is 6.10 Å². The number of carbonyl (C=O) groups is 1. The van der Waals surface area contributed by atoms with E-state index >= 15 is 0 Å². The highest BCUT2D eigenvalue weighted by molar-refractivity contribution is 5.94. The number of anilines is 1. The number of rotatable bonds is 6. The molecule has 2 atom stereocenters. The van der Waals surface area contributed by atoms with Crippen LogP contribution in [0.5, 0.6) is 0 Å². The summed E-state index contributed by atoms with van der Waals surface area (Å²) in [6.45, 7) is 3.73. The highest BCUT2D eigenvalue weighted by Gasteiger charge is 2.36. The van der Waals surface area contributed by atoms with Crippen molar-refractivity contribution in [1.82, 2.24) is 24.4 Å². The molecule has 1 aliphatic heterocycles. The van der Waals surface area contributed by atoms with E-state index in [4.69, 9.17) is 9.97 Å². The van der Waals surface area contributed by atoms with Gasteiger partial charge in [-0.15, -0.1) is 0 Å². The van der Waals surface area contributed by atoms with Gasteiger partial charge in [-0.1, -0.05) is 13.3 Å². The molecule has 190 valence electrons. The number of hydrogen-bond donors (Lipinski definition) is 2. The highest BCUT2D eigenvalue weighted by atomic mass is 16.3. The van der Waals surface area contributed by atoms with Crippen molar-refractivity contribution in [1.29, 1.82) is 0 Å². The van der Waals surface area contributed by atoms with Crippen LogP contribution < -0.4 is 5.32 Å². The van der Waals surface area contributed by atoms with E-state index in [1.807, 2.05) is 11.1 Å². The third-order valence-electron chi connectivity index (χ3n) is 8.57. The SMILES string of the molecule is CC[C@@H]1C[C@H]1Nc1ncc2c(C3CCN(C(=O)c4ccncc4)CC3)cn(C3CCC(O)CC3)c2n1. The summed E-state index contributed by atoms with van der Waals surface area (Å²) in [4.78, 5) is 28.7. The number of pyridine rings is 1. The zero-order chi connectivity index (χ0) is 24.6. The van der Waals surface area contributed by atoms with Gasteiger partial charge in [-0.05, 0) is 74.5 Å². The maximum Gasteiger partial charge on any atom is 0.253 e. The number of likely N-dealkylation sites (tertiary alicyclic amines) is 1. The zero-order valence-electron chi connectivity index (χ0n) is 21.0. The summed E-state index contributed by atoms with van der Waals surface area (Å²) in [6.07, 6.45) is 15.3. The molecule has 8 nitrogen and oxygen atoms in total. The molecule has 1 amide bonds. The van der Waals surface area contributed by atoms with E-state index in [2.05, 4.69) is 28.0 Å². The Bertz CT molecular complexity index is 1210. The number of nitrogens with one attached hydrogen (secondary N) is 1. The molecule has 1 saturated heterocycles. The van der Waals surface area contributed by atoms with Crippen LogP contribution in [-0.2, 0) is 0 Å². The van der Waals surface area contributed by atoms with Gasteiger partial charge in [0.1, 0.15) is 5.65 Å². The van der Waals surface area contributed by atoms with Crippen molar-refractivity contribution in [2.75, 3.05) is 18.4 Å². The number of nitrogens with zero attached hydrogens (tertiary/aromatic N) is 5. The number of hydrogen-bond acceptors (Lipinski definition) is 6. The lowest BCUT2D eigenvalue weighted by Gasteiger charge is -2.32. The molecule has 8 heteroatoms. The first kappa shape index (κ1) is 23.4. The molecule has 2 aliphatic carbocycles. The van der Waals surface area contributed by atoms with Gasteiger partial charge in [0.2, 0.25) is 5.95 Å². The smallest absolute Gasteiger partial charge is 0.253 e. The molecular formula is C28H36N6O2. The fourth-order valence-corrected chi connectivity index (χ4v) is 6.18. The lowest BCUT2D eigenvalue weighted by Crippen LogP contribution is -2.37. The molecule has 3 aromatic rings. The maximum atomic E-state index is 12.9. The second-order valence-electron chi connectivity index (χ2n) is 10.8. The van der Waals surface area contributed by atoms with Crippen LogP contribution in [0, 0.1) is 5.92 Å². The van der Waals surface area contributed by atoms with Gasteiger partial charge in [-0.3, -0.25) is 9.78 Å². The van der Waals surface area contributed by atoms with Gasteiger partial charge >= 0.3 is 0 Å². The summed E-state index contributed by atoms with van der Waals surface area (Å²) in [5.41, 5.74) is 3.01. The Morgan fingerprint density at radius 1 is 1.11 bits per heavy atom. The maximum absolute atomic E-state index is 12.9. The molecule has 2 N–H and O–H groups in total. The van der Waals surface area contributed by atoms with Crippen LogP contribution in [0.15, 0.2) is 36.9 Å². The van der Waals surface area contributed by atoms with Gasteiger partial charge in [-0.25, -0.2) is 4.98 Å². The van der Waals surface area contributed by atoms with Crippen LogP contribution in [0.3, 0.4) is 0 Å². The highest BCUT2D eigenvalue weighted by Crippen LogP contribution is 2.39. The van der Waals surface area contributed by atoms with E-state index in [0.717, 1.165) is 74.5 Å². The minimum Gasteiger partial charge on any atom is -0.393 e. The number of piperidine rings is 1. The van der Waals surface area contributed by atoms with Crippen molar-refractivity contribution in [2.45, 2.75) is 82.4 Å². The lowest BCUT2D eigenvalue weighted by molar-refractivity contribution is 0.0713.